The summed E-state index contributed by atoms with van der Waals surface area (Å²) >= 11 is 0. The molecule has 0 spiro atoms. The van der Waals surface area contributed by atoms with Crippen LogP contribution in [0.5, 0.6) is 0 Å². The average Bonchev–Trinajstić information content (AvgIpc) is 2.71. The largest absolute Gasteiger partial charge is 0.509 e. The van der Waals surface area contributed by atoms with Gasteiger partial charge in [-0.1, -0.05) is 12.1 Å². The molecular formula is C22H24F2O6. The van der Waals surface area contributed by atoms with E-state index in [0.717, 1.165) is 24.3 Å². The smallest absolute Gasteiger partial charge is 0.139 e. The Bertz CT molecular complexity index is 879. The Morgan fingerprint density at radius 1 is 0.700 bits per heavy atom. The Morgan fingerprint density at radius 2 is 1.03 bits per heavy atom. The van der Waals surface area contributed by atoms with E-state index in [0.29, 0.717) is 22.3 Å². The minimum absolute atomic E-state index is 0.299. The van der Waals surface area contributed by atoms with Gasteiger partial charge in [-0.05, 0) is 72.5 Å². The molecule has 4 atom stereocenters. The number of halogens is 2. The second-order valence-corrected chi connectivity index (χ2v) is 7.03. The van der Waals surface area contributed by atoms with Gasteiger partial charge in [0, 0.05) is 0 Å². The molecule has 0 aliphatic heterocycles. The molecule has 2 rings (SSSR count). The van der Waals surface area contributed by atoms with Crippen molar-refractivity contribution < 1.29 is 39.4 Å². The highest BCUT2D eigenvalue weighted by Gasteiger charge is 2.34. The fraction of sp³-hybridized carbons (Fsp3) is 0.273. The molecule has 6 nitrogen and oxygen atoms in total. The van der Waals surface area contributed by atoms with Crippen LogP contribution in [-0.4, -0.2) is 55.1 Å². The van der Waals surface area contributed by atoms with Crippen LogP contribution in [0.2, 0.25) is 0 Å². The number of aryl methyl sites for hydroxylation is 2. The summed E-state index contributed by atoms with van der Waals surface area (Å²) in [6.07, 6.45) is -6.00. The number of rotatable bonds is 7. The molecule has 0 saturated heterocycles. The van der Waals surface area contributed by atoms with Crippen molar-refractivity contribution >= 4 is 12.2 Å². The minimum atomic E-state index is -2.07. The molecule has 0 bridgehead atoms. The summed E-state index contributed by atoms with van der Waals surface area (Å²) in [6.45, 7) is 3.01. The quantitative estimate of drug-likeness (QED) is 0.382. The van der Waals surface area contributed by atoms with E-state index in [-0.39, 0.29) is 0 Å². The van der Waals surface area contributed by atoms with Crippen LogP contribution in [0.1, 0.15) is 22.3 Å². The van der Waals surface area contributed by atoms with Crippen LogP contribution in [0, 0.1) is 25.5 Å². The third-order valence-corrected chi connectivity index (χ3v) is 4.60. The number of benzene rings is 2. The number of aliphatic hydroxyl groups excluding tert-OH is 6. The fourth-order valence-electron chi connectivity index (χ4n) is 2.75. The second kappa shape index (κ2) is 9.82. The maximum Gasteiger partial charge on any atom is 0.139 e. The molecule has 0 saturated carbocycles. The lowest BCUT2D eigenvalue weighted by atomic mass is 9.98. The second-order valence-electron chi connectivity index (χ2n) is 7.03. The third kappa shape index (κ3) is 5.64. The van der Waals surface area contributed by atoms with Crippen LogP contribution in [0.3, 0.4) is 0 Å². The summed E-state index contributed by atoms with van der Waals surface area (Å²) in [4.78, 5) is 0. The van der Waals surface area contributed by atoms with Crippen molar-refractivity contribution in [1.82, 2.24) is 0 Å². The van der Waals surface area contributed by atoms with Crippen LogP contribution in [0.4, 0.5) is 8.78 Å². The third-order valence-electron chi connectivity index (χ3n) is 4.60. The minimum Gasteiger partial charge on any atom is -0.509 e. The van der Waals surface area contributed by atoms with E-state index in [1.54, 1.807) is 0 Å². The van der Waals surface area contributed by atoms with Crippen molar-refractivity contribution in [2.24, 2.45) is 0 Å². The van der Waals surface area contributed by atoms with E-state index in [4.69, 9.17) is 0 Å². The van der Waals surface area contributed by atoms with Crippen molar-refractivity contribution in [3.63, 3.8) is 0 Å². The topological polar surface area (TPSA) is 121 Å². The summed E-state index contributed by atoms with van der Waals surface area (Å²) in [6, 6.07) is 7.79. The van der Waals surface area contributed by atoms with E-state index in [9.17, 15) is 39.4 Å². The zero-order valence-electron chi connectivity index (χ0n) is 16.4. The molecule has 0 aliphatic rings. The molecule has 2 aromatic carbocycles. The van der Waals surface area contributed by atoms with Gasteiger partial charge >= 0.3 is 0 Å². The molecule has 4 unspecified atom stereocenters. The van der Waals surface area contributed by atoms with Gasteiger partial charge in [0.15, 0.2) is 0 Å². The van der Waals surface area contributed by atoms with Gasteiger partial charge < -0.3 is 30.6 Å². The molecule has 0 radical (unpaired) electrons. The average molecular weight is 422 g/mol. The van der Waals surface area contributed by atoms with Gasteiger partial charge in [-0.15, -0.1) is 0 Å². The highest BCUT2D eigenvalue weighted by Crippen LogP contribution is 2.19. The molecule has 0 aromatic heterocycles. The Hall–Kier alpha value is -2.78. The van der Waals surface area contributed by atoms with E-state index < -0.39 is 47.6 Å². The summed E-state index contributed by atoms with van der Waals surface area (Å²) in [5.74, 6) is -2.39. The summed E-state index contributed by atoms with van der Waals surface area (Å²) in [5, 5.41) is 60.4. The molecule has 0 amide bonds. The van der Waals surface area contributed by atoms with Crippen molar-refractivity contribution in [2.75, 3.05) is 0 Å². The zero-order valence-corrected chi connectivity index (χ0v) is 16.4. The maximum absolute atomic E-state index is 13.3. The van der Waals surface area contributed by atoms with Gasteiger partial charge in [0.1, 0.15) is 47.6 Å². The van der Waals surface area contributed by atoms with E-state index in [2.05, 4.69) is 0 Å². The van der Waals surface area contributed by atoms with Gasteiger partial charge in [-0.2, -0.15) is 0 Å². The predicted molar refractivity (Wildman–Crippen MR) is 108 cm³/mol. The van der Waals surface area contributed by atoms with Crippen LogP contribution in [0.25, 0.3) is 12.2 Å². The van der Waals surface area contributed by atoms with Crippen LogP contribution in [0.15, 0.2) is 47.9 Å². The highest BCUT2D eigenvalue weighted by molar-refractivity contribution is 5.54. The van der Waals surface area contributed by atoms with Gasteiger partial charge in [-0.3, -0.25) is 0 Å². The first-order valence-electron chi connectivity index (χ1n) is 9.07. The Morgan fingerprint density at radius 3 is 1.33 bits per heavy atom. The first-order chi connectivity index (χ1) is 14.0. The molecule has 8 heteroatoms. The maximum atomic E-state index is 13.3. The molecule has 0 heterocycles. The number of aliphatic hydroxyl groups is 6. The fourth-order valence-corrected chi connectivity index (χ4v) is 2.75. The number of hydrogen-bond acceptors (Lipinski definition) is 6. The van der Waals surface area contributed by atoms with Gasteiger partial charge in [0.2, 0.25) is 0 Å². The first kappa shape index (κ1) is 23.5. The first-order valence-corrected chi connectivity index (χ1v) is 9.07. The van der Waals surface area contributed by atoms with Crippen LogP contribution < -0.4 is 0 Å². The van der Waals surface area contributed by atoms with E-state index in [1.165, 1.54) is 38.1 Å². The van der Waals surface area contributed by atoms with Crippen LogP contribution >= 0.6 is 0 Å². The zero-order chi connectivity index (χ0) is 22.6. The predicted octanol–water partition coefficient (Wildman–Crippen LogP) is 2.52. The molecule has 162 valence electrons. The lowest BCUT2D eigenvalue weighted by Crippen LogP contribution is -2.45. The Labute approximate surface area is 172 Å². The van der Waals surface area contributed by atoms with Crippen molar-refractivity contribution in [2.45, 2.75) is 38.3 Å². The summed E-state index contributed by atoms with van der Waals surface area (Å²) < 4.78 is 26.6. The highest BCUT2D eigenvalue weighted by atomic mass is 19.1. The molecule has 6 N–H and O–H groups in total. The lowest BCUT2D eigenvalue weighted by molar-refractivity contribution is -0.0996. The van der Waals surface area contributed by atoms with Gasteiger partial charge in [-0.25, -0.2) is 8.78 Å². The molecule has 0 fully saturated rings. The van der Waals surface area contributed by atoms with Crippen LogP contribution in [-0.2, 0) is 0 Å². The van der Waals surface area contributed by atoms with Gasteiger partial charge in [0.25, 0.3) is 0 Å². The summed E-state index contributed by atoms with van der Waals surface area (Å²) in [7, 11) is 0. The van der Waals surface area contributed by atoms with Gasteiger partial charge in [0.05, 0.1) is 0 Å². The molecule has 0 aliphatic carbocycles. The molecular weight excluding hydrogens is 398 g/mol. The molecule has 2 aromatic rings. The lowest BCUT2D eigenvalue weighted by Gasteiger charge is -2.26. The van der Waals surface area contributed by atoms with E-state index >= 15 is 0 Å². The van der Waals surface area contributed by atoms with Crippen molar-refractivity contribution in [3.05, 3.63) is 81.8 Å². The monoisotopic (exact) mass is 422 g/mol. The Balaban J connectivity index is 2.14. The molecule has 30 heavy (non-hydrogen) atoms. The Kier molecular flexibility index (Phi) is 7.69. The number of hydrogen-bond donors (Lipinski definition) is 6. The SMILES string of the molecule is Cc1cc(C=C(O)C(O)C(O)C(O)C(O)C(O)=Cc2ccc(F)c(C)c2)ccc1F. The van der Waals surface area contributed by atoms with Crippen molar-refractivity contribution in [1.29, 1.82) is 0 Å². The normalized spacial score (nSPS) is 16.8. The van der Waals surface area contributed by atoms with Crippen molar-refractivity contribution in [3.8, 4) is 0 Å². The van der Waals surface area contributed by atoms with E-state index in [1.807, 2.05) is 0 Å². The standard InChI is InChI=1S/C22H24F2O6/c1-11-7-13(3-5-15(11)23)9-17(25)19(27)21(29)22(30)20(28)18(26)10-14-4-6-16(24)12(2)8-14/h3-10,19-22,25-30H,1-2H3. The summed E-state index contributed by atoms with van der Waals surface area (Å²) in [5.41, 5.74) is 1.27.